The minimum atomic E-state index is -0.778. The zero-order valence-corrected chi connectivity index (χ0v) is 17.2. The summed E-state index contributed by atoms with van der Waals surface area (Å²) in [6, 6.07) is 14.9. The van der Waals surface area contributed by atoms with Crippen LogP contribution >= 0.6 is 0 Å². The second kappa shape index (κ2) is 9.65. The van der Waals surface area contributed by atoms with Gasteiger partial charge in [-0.25, -0.2) is 0 Å². The van der Waals surface area contributed by atoms with Gasteiger partial charge in [0.25, 0.3) is 5.91 Å². The molecule has 152 valence electrons. The van der Waals surface area contributed by atoms with E-state index in [1.54, 1.807) is 24.3 Å². The maximum absolute atomic E-state index is 11.2. The van der Waals surface area contributed by atoms with Gasteiger partial charge in [-0.2, -0.15) is 5.26 Å². The van der Waals surface area contributed by atoms with Crippen LogP contribution < -0.4 is 19.9 Å². The molecule has 0 aliphatic carbocycles. The fourth-order valence-corrected chi connectivity index (χ4v) is 2.58. The number of methoxy groups -OCH3 is 1. The lowest BCUT2D eigenvalue weighted by Gasteiger charge is -2.19. The van der Waals surface area contributed by atoms with E-state index in [1.807, 2.05) is 12.1 Å². The topological polar surface area (TPSA) is 94.6 Å². The molecule has 0 heterocycles. The largest absolute Gasteiger partial charge is 0.493 e. The predicted molar refractivity (Wildman–Crippen MR) is 112 cm³/mol. The molecule has 1 amide bonds. The van der Waals surface area contributed by atoms with Crippen molar-refractivity contribution in [3.05, 3.63) is 59.2 Å². The number of rotatable bonds is 8. The summed E-state index contributed by atoms with van der Waals surface area (Å²) in [6.07, 6.45) is 1.40. The van der Waals surface area contributed by atoms with Crippen LogP contribution in [-0.2, 0) is 10.2 Å². The van der Waals surface area contributed by atoms with Crippen LogP contribution in [0.3, 0.4) is 0 Å². The lowest BCUT2D eigenvalue weighted by molar-refractivity contribution is -0.114. The average Bonchev–Trinajstić information content (AvgIpc) is 2.69. The average molecular weight is 394 g/mol. The zero-order valence-electron chi connectivity index (χ0n) is 17.2. The van der Waals surface area contributed by atoms with Crippen LogP contribution in [0, 0.1) is 11.3 Å². The molecular weight excluding hydrogens is 368 g/mol. The van der Waals surface area contributed by atoms with Crippen molar-refractivity contribution in [2.75, 3.05) is 20.3 Å². The molecule has 2 rings (SSSR count). The molecule has 0 radical (unpaired) electrons. The predicted octanol–water partition coefficient (Wildman–Crippen LogP) is 3.84. The molecule has 0 atom stereocenters. The smallest absolute Gasteiger partial charge is 0.259 e. The van der Waals surface area contributed by atoms with Gasteiger partial charge in [-0.3, -0.25) is 4.79 Å². The maximum atomic E-state index is 11.2. The number of nitrogens with two attached hydrogens (primary N) is 1. The number of amides is 1. The molecule has 2 N–H and O–H groups in total. The Bertz CT molecular complexity index is 919. The Hall–Kier alpha value is -3.46. The highest BCUT2D eigenvalue weighted by Crippen LogP contribution is 2.29. The first-order valence-electron chi connectivity index (χ1n) is 9.20. The minimum Gasteiger partial charge on any atom is -0.493 e. The monoisotopic (exact) mass is 394 g/mol. The van der Waals surface area contributed by atoms with Crippen molar-refractivity contribution in [2.24, 2.45) is 5.73 Å². The van der Waals surface area contributed by atoms with Gasteiger partial charge in [-0.15, -0.1) is 0 Å². The van der Waals surface area contributed by atoms with E-state index in [0.29, 0.717) is 30.3 Å². The van der Waals surface area contributed by atoms with Crippen molar-refractivity contribution in [1.29, 1.82) is 5.26 Å². The molecule has 0 unspecified atom stereocenters. The van der Waals surface area contributed by atoms with Gasteiger partial charge in [-0.05, 0) is 46.9 Å². The molecule has 2 aromatic carbocycles. The van der Waals surface area contributed by atoms with E-state index in [2.05, 4.69) is 32.9 Å². The van der Waals surface area contributed by atoms with Gasteiger partial charge < -0.3 is 19.9 Å². The van der Waals surface area contributed by atoms with Gasteiger partial charge in [0.05, 0.1) is 7.11 Å². The van der Waals surface area contributed by atoms with E-state index in [0.717, 1.165) is 5.75 Å². The van der Waals surface area contributed by atoms with Crippen molar-refractivity contribution in [2.45, 2.75) is 26.2 Å². The molecule has 29 heavy (non-hydrogen) atoms. The number of hydrogen-bond acceptors (Lipinski definition) is 5. The highest BCUT2D eigenvalue weighted by Gasteiger charge is 2.13. The van der Waals surface area contributed by atoms with E-state index in [9.17, 15) is 4.79 Å². The summed E-state index contributed by atoms with van der Waals surface area (Å²) in [6.45, 7) is 7.21. The van der Waals surface area contributed by atoms with E-state index in [-0.39, 0.29) is 11.0 Å². The molecule has 2 aromatic rings. The van der Waals surface area contributed by atoms with Crippen LogP contribution in [0.1, 0.15) is 31.9 Å². The van der Waals surface area contributed by atoms with E-state index in [4.69, 9.17) is 25.2 Å². The summed E-state index contributed by atoms with van der Waals surface area (Å²) in [5, 5.41) is 8.94. The molecular formula is C23H26N2O4. The van der Waals surface area contributed by atoms with Crippen LogP contribution in [0.5, 0.6) is 17.2 Å². The third-order valence-corrected chi connectivity index (χ3v) is 4.21. The Morgan fingerprint density at radius 3 is 2.28 bits per heavy atom. The van der Waals surface area contributed by atoms with E-state index < -0.39 is 5.91 Å². The quantitative estimate of drug-likeness (QED) is 0.417. The van der Waals surface area contributed by atoms with Crippen LogP contribution in [0.4, 0.5) is 0 Å². The summed E-state index contributed by atoms with van der Waals surface area (Å²) in [7, 11) is 1.52. The summed E-state index contributed by atoms with van der Waals surface area (Å²) in [5.74, 6) is 1.02. The molecule has 0 bridgehead atoms. The second-order valence-electron chi connectivity index (χ2n) is 7.42. The molecule has 0 aliphatic rings. The number of ether oxygens (including phenoxy) is 3. The van der Waals surface area contributed by atoms with Gasteiger partial charge >= 0.3 is 0 Å². The first kappa shape index (κ1) is 21.8. The number of hydrogen-bond donors (Lipinski definition) is 1. The number of carbonyl (C=O) groups is 1. The summed E-state index contributed by atoms with van der Waals surface area (Å²) in [5.41, 5.74) is 6.98. The van der Waals surface area contributed by atoms with Gasteiger partial charge in [0.1, 0.15) is 30.6 Å². The van der Waals surface area contributed by atoms with Gasteiger partial charge in [0, 0.05) is 0 Å². The van der Waals surface area contributed by atoms with Crippen LogP contribution in [0.15, 0.2) is 48.0 Å². The normalized spacial score (nSPS) is 11.5. The number of nitriles is 1. The Morgan fingerprint density at radius 2 is 1.72 bits per heavy atom. The Labute approximate surface area is 171 Å². The number of primary amides is 1. The Morgan fingerprint density at radius 1 is 1.07 bits per heavy atom. The molecule has 0 fully saturated rings. The number of carbonyl (C=O) groups excluding carboxylic acids is 1. The second-order valence-corrected chi connectivity index (χ2v) is 7.42. The zero-order chi connectivity index (χ0) is 21.4. The fraction of sp³-hybridized carbons (Fsp3) is 0.304. The molecule has 0 spiro atoms. The minimum absolute atomic E-state index is 0.102. The number of benzene rings is 2. The number of nitrogens with zero attached hydrogens (tertiary/aromatic N) is 1. The molecule has 0 saturated carbocycles. The van der Waals surface area contributed by atoms with Crippen LogP contribution in [0.25, 0.3) is 6.08 Å². The van der Waals surface area contributed by atoms with Gasteiger partial charge in [0.2, 0.25) is 0 Å². The van der Waals surface area contributed by atoms with Crippen LogP contribution in [0.2, 0.25) is 0 Å². The molecule has 0 aliphatic heterocycles. The first-order valence-corrected chi connectivity index (χ1v) is 9.20. The maximum Gasteiger partial charge on any atom is 0.259 e. The lowest BCUT2D eigenvalue weighted by atomic mass is 9.87. The van der Waals surface area contributed by atoms with Crippen molar-refractivity contribution >= 4 is 12.0 Å². The van der Waals surface area contributed by atoms with Crippen molar-refractivity contribution < 1.29 is 19.0 Å². The summed E-state index contributed by atoms with van der Waals surface area (Å²) < 4.78 is 16.8. The first-order chi connectivity index (χ1) is 13.7. The van der Waals surface area contributed by atoms with Crippen molar-refractivity contribution in [3.63, 3.8) is 0 Å². The molecule has 0 aromatic heterocycles. The Balaban J connectivity index is 1.95. The van der Waals surface area contributed by atoms with Gasteiger partial charge in [0.15, 0.2) is 11.5 Å². The third kappa shape index (κ3) is 6.28. The Kier molecular flexibility index (Phi) is 7.27. The highest BCUT2D eigenvalue weighted by atomic mass is 16.5. The molecule has 0 saturated heterocycles. The molecule has 6 nitrogen and oxygen atoms in total. The summed E-state index contributed by atoms with van der Waals surface area (Å²) >= 11 is 0. The van der Waals surface area contributed by atoms with E-state index in [1.165, 1.54) is 18.7 Å². The molecule has 6 heteroatoms. The standard InChI is InChI=1S/C23H26N2O4/c1-23(2,3)18-6-8-19(9-7-18)28-11-12-29-20-10-5-16(14-21(20)27-4)13-17(15-24)22(25)26/h5-10,13-14H,11-12H2,1-4H3,(H2,25,26)/b17-13+. The highest BCUT2D eigenvalue weighted by molar-refractivity contribution is 6.00. The van der Waals surface area contributed by atoms with Crippen molar-refractivity contribution in [1.82, 2.24) is 0 Å². The summed E-state index contributed by atoms with van der Waals surface area (Å²) in [4.78, 5) is 11.2. The third-order valence-electron chi connectivity index (χ3n) is 4.21. The fourth-order valence-electron chi connectivity index (χ4n) is 2.58. The SMILES string of the molecule is COc1cc(/C=C(\C#N)C(N)=O)ccc1OCCOc1ccc(C(C)(C)C)cc1. The van der Waals surface area contributed by atoms with Gasteiger partial charge in [-0.1, -0.05) is 39.0 Å². The lowest BCUT2D eigenvalue weighted by Crippen LogP contribution is -2.12. The van der Waals surface area contributed by atoms with E-state index >= 15 is 0 Å². The van der Waals surface area contributed by atoms with Crippen molar-refractivity contribution in [3.8, 4) is 23.3 Å². The van der Waals surface area contributed by atoms with Crippen LogP contribution in [-0.4, -0.2) is 26.2 Å².